The van der Waals surface area contributed by atoms with Gasteiger partial charge in [0.25, 0.3) is 0 Å². The molecule has 0 aliphatic heterocycles. The number of carbonyl (C=O) groups excluding carboxylic acids is 2. The smallest absolute Gasteiger partial charge is 0.305 e. The first-order chi connectivity index (χ1) is 37.0. The average Bonchev–Trinajstić information content (AvgIpc) is 3.41. The fourth-order valence-electron chi connectivity index (χ4n) is 10.4. The lowest BCUT2D eigenvalue weighted by Gasteiger charge is -2.20. The lowest BCUT2D eigenvalue weighted by molar-refractivity contribution is -0.143. The van der Waals surface area contributed by atoms with Crippen molar-refractivity contribution in [2.45, 2.75) is 379 Å². The van der Waals surface area contributed by atoms with Crippen LogP contribution in [-0.2, 0) is 14.3 Å². The Kier molecular flexibility index (Phi) is 63.0. The van der Waals surface area contributed by atoms with Crippen LogP contribution in [0.3, 0.4) is 0 Å². The Balaban J connectivity index is 3.43. The van der Waals surface area contributed by atoms with E-state index in [1.54, 1.807) is 6.08 Å². The molecule has 2 unspecified atom stereocenters. The molecule has 0 aromatic rings. The summed E-state index contributed by atoms with van der Waals surface area (Å²) in [6.45, 7) is 4.92. The topological polar surface area (TPSA) is 95.9 Å². The number of aliphatic hydroxyl groups excluding tert-OH is 2. The summed E-state index contributed by atoms with van der Waals surface area (Å²) in [5.41, 5.74) is 0. The fourth-order valence-corrected chi connectivity index (χ4v) is 10.4. The number of carbonyl (C=O) groups is 2. The van der Waals surface area contributed by atoms with Crippen molar-refractivity contribution in [3.05, 3.63) is 36.5 Å². The minimum atomic E-state index is -0.849. The Morgan fingerprint density at radius 3 is 0.947 bits per heavy atom. The van der Waals surface area contributed by atoms with Crippen LogP contribution in [0.15, 0.2) is 36.5 Å². The van der Waals surface area contributed by atoms with Crippen LogP contribution in [-0.4, -0.2) is 47.4 Å². The van der Waals surface area contributed by atoms with Gasteiger partial charge in [-0.05, 0) is 83.5 Å². The van der Waals surface area contributed by atoms with Gasteiger partial charge in [0.15, 0.2) is 0 Å². The number of unbranched alkanes of at least 4 members (excludes halogenated alkanes) is 48. The lowest BCUT2D eigenvalue weighted by atomic mass is 10.0. The normalized spacial score (nSPS) is 12.7. The molecule has 75 heavy (non-hydrogen) atoms. The van der Waals surface area contributed by atoms with E-state index in [0.717, 1.165) is 51.4 Å². The average molecular weight is 1050 g/mol. The summed E-state index contributed by atoms with van der Waals surface area (Å²) < 4.78 is 5.49. The Bertz CT molecular complexity index is 1210. The molecular formula is C69H131NO5. The van der Waals surface area contributed by atoms with Crippen LogP contribution in [0.5, 0.6) is 0 Å². The van der Waals surface area contributed by atoms with E-state index in [1.165, 1.54) is 289 Å². The molecule has 6 nitrogen and oxygen atoms in total. The number of hydrogen-bond donors (Lipinski definition) is 3. The highest BCUT2D eigenvalue weighted by Crippen LogP contribution is 2.18. The summed E-state index contributed by atoms with van der Waals surface area (Å²) in [5, 5.41) is 23.2. The molecule has 0 aromatic heterocycles. The molecule has 0 radical (unpaired) electrons. The van der Waals surface area contributed by atoms with E-state index in [1.807, 2.05) is 6.08 Å². The maximum atomic E-state index is 12.5. The summed E-state index contributed by atoms with van der Waals surface area (Å²) in [5.74, 6) is -0.0677. The first kappa shape index (κ1) is 73.1. The van der Waals surface area contributed by atoms with Crippen molar-refractivity contribution in [3.63, 3.8) is 0 Å². The molecule has 442 valence electrons. The summed E-state index contributed by atoms with van der Waals surface area (Å²) in [7, 11) is 0. The van der Waals surface area contributed by atoms with Crippen molar-refractivity contribution < 1.29 is 24.5 Å². The van der Waals surface area contributed by atoms with Crippen molar-refractivity contribution in [3.8, 4) is 0 Å². The number of aliphatic hydroxyl groups is 2. The van der Waals surface area contributed by atoms with E-state index < -0.39 is 12.1 Å². The van der Waals surface area contributed by atoms with Crippen LogP contribution in [0.2, 0.25) is 0 Å². The highest BCUT2D eigenvalue weighted by Gasteiger charge is 2.18. The molecule has 0 heterocycles. The molecule has 0 aliphatic rings. The van der Waals surface area contributed by atoms with Crippen LogP contribution in [0.1, 0.15) is 367 Å². The standard InChI is InChI=1S/C69H131NO5/c1-3-5-7-9-11-13-15-17-19-21-27-30-33-37-41-45-49-53-57-61-67(72)66(65-71)70-68(73)62-58-54-50-46-42-38-34-31-28-25-23-22-24-26-29-32-36-40-44-48-52-56-60-64-75-69(74)63-59-55-51-47-43-39-35-20-18-16-14-12-10-8-6-4-2/h20,25,28,35,57,61,66-67,71-72H,3-19,21-24,26-27,29-34,36-56,58-60,62-65H2,1-2H3,(H,70,73)/b28-25-,35-20-,61-57+. The number of nitrogens with one attached hydrogen (secondary N) is 1. The van der Waals surface area contributed by atoms with Gasteiger partial charge in [-0.25, -0.2) is 0 Å². The summed E-state index contributed by atoms with van der Waals surface area (Å²) in [6.07, 6.45) is 82.0. The van der Waals surface area contributed by atoms with Gasteiger partial charge in [-0.3, -0.25) is 9.59 Å². The van der Waals surface area contributed by atoms with E-state index in [4.69, 9.17) is 4.74 Å². The van der Waals surface area contributed by atoms with Crippen LogP contribution in [0.4, 0.5) is 0 Å². The predicted molar refractivity (Wildman–Crippen MR) is 329 cm³/mol. The molecule has 3 N–H and O–H groups in total. The number of rotatable bonds is 63. The highest BCUT2D eigenvalue weighted by atomic mass is 16.5. The van der Waals surface area contributed by atoms with Gasteiger partial charge in [0.05, 0.1) is 25.4 Å². The second-order valence-electron chi connectivity index (χ2n) is 23.1. The second kappa shape index (κ2) is 64.6. The molecule has 0 saturated carbocycles. The molecule has 1 amide bonds. The van der Waals surface area contributed by atoms with E-state index in [2.05, 4.69) is 43.5 Å². The maximum Gasteiger partial charge on any atom is 0.305 e. The Morgan fingerprint density at radius 2 is 0.627 bits per heavy atom. The van der Waals surface area contributed by atoms with Crippen molar-refractivity contribution in [2.24, 2.45) is 0 Å². The molecule has 6 heteroatoms. The molecular weight excluding hydrogens is 923 g/mol. The number of esters is 1. The van der Waals surface area contributed by atoms with Gasteiger partial charge in [0.2, 0.25) is 5.91 Å². The second-order valence-corrected chi connectivity index (χ2v) is 23.1. The van der Waals surface area contributed by atoms with Crippen molar-refractivity contribution in [1.29, 1.82) is 0 Å². The molecule has 0 spiro atoms. The van der Waals surface area contributed by atoms with Gasteiger partial charge >= 0.3 is 5.97 Å². The first-order valence-corrected chi connectivity index (χ1v) is 33.8. The maximum absolute atomic E-state index is 12.5. The molecule has 0 saturated heterocycles. The Labute approximate surface area is 468 Å². The molecule has 0 aliphatic carbocycles. The van der Waals surface area contributed by atoms with E-state index in [0.29, 0.717) is 19.4 Å². The van der Waals surface area contributed by atoms with Gasteiger partial charge in [0, 0.05) is 12.8 Å². The largest absolute Gasteiger partial charge is 0.466 e. The first-order valence-electron chi connectivity index (χ1n) is 33.8. The molecule has 2 atom stereocenters. The van der Waals surface area contributed by atoms with E-state index in [-0.39, 0.29) is 18.5 Å². The van der Waals surface area contributed by atoms with Gasteiger partial charge in [0.1, 0.15) is 0 Å². The number of amides is 1. The van der Waals surface area contributed by atoms with Crippen molar-refractivity contribution in [2.75, 3.05) is 13.2 Å². The zero-order valence-electron chi connectivity index (χ0n) is 50.5. The van der Waals surface area contributed by atoms with Gasteiger partial charge in [-0.2, -0.15) is 0 Å². The summed E-state index contributed by atoms with van der Waals surface area (Å²) in [4.78, 5) is 24.6. The van der Waals surface area contributed by atoms with Crippen molar-refractivity contribution >= 4 is 11.9 Å². The predicted octanol–water partition coefficient (Wildman–Crippen LogP) is 21.5. The van der Waals surface area contributed by atoms with Gasteiger partial charge < -0.3 is 20.3 Å². The zero-order valence-corrected chi connectivity index (χ0v) is 50.5. The Morgan fingerprint density at radius 1 is 0.360 bits per heavy atom. The number of ether oxygens (including phenoxy) is 1. The van der Waals surface area contributed by atoms with Crippen molar-refractivity contribution in [1.82, 2.24) is 5.32 Å². The number of hydrogen-bond acceptors (Lipinski definition) is 5. The highest BCUT2D eigenvalue weighted by molar-refractivity contribution is 5.76. The molecule has 0 fully saturated rings. The third kappa shape index (κ3) is 61.2. The van der Waals surface area contributed by atoms with E-state index in [9.17, 15) is 19.8 Å². The van der Waals surface area contributed by atoms with Crippen LogP contribution < -0.4 is 5.32 Å². The quantitative estimate of drug-likeness (QED) is 0.0320. The van der Waals surface area contributed by atoms with E-state index >= 15 is 0 Å². The third-order valence-corrected chi connectivity index (χ3v) is 15.6. The lowest BCUT2D eigenvalue weighted by Crippen LogP contribution is -2.45. The summed E-state index contributed by atoms with van der Waals surface area (Å²) in [6, 6.07) is -0.633. The Hall–Kier alpha value is -1.92. The minimum absolute atomic E-state index is 0.00395. The fraction of sp³-hybridized carbons (Fsp3) is 0.884. The van der Waals surface area contributed by atoms with Gasteiger partial charge in [-0.1, -0.05) is 307 Å². The van der Waals surface area contributed by atoms with Crippen LogP contribution >= 0.6 is 0 Å². The monoisotopic (exact) mass is 1050 g/mol. The summed E-state index contributed by atoms with van der Waals surface area (Å²) >= 11 is 0. The number of allylic oxidation sites excluding steroid dienone is 5. The third-order valence-electron chi connectivity index (χ3n) is 15.6. The molecule has 0 rings (SSSR count). The molecule has 0 bridgehead atoms. The van der Waals surface area contributed by atoms with Crippen LogP contribution in [0, 0.1) is 0 Å². The molecule has 0 aromatic carbocycles. The van der Waals surface area contributed by atoms with Gasteiger partial charge in [-0.15, -0.1) is 0 Å². The zero-order chi connectivity index (χ0) is 54.3. The minimum Gasteiger partial charge on any atom is -0.466 e. The SMILES string of the molecule is CCCCCCCCC/C=C\CCCCCCCC(=O)OCCCCCCCCCCCCCC/C=C\CCCCCCCCCC(=O)NC(CO)C(O)/C=C/CCCCCCCCCCCCCCCCCCC. The van der Waals surface area contributed by atoms with Crippen LogP contribution in [0.25, 0.3) is 0 Å².